The molecule has 0 aliphatic heterocycles. The maximum atomic E-state index is 12.1. The Hall–Kier alpha value is -1.61. The lowest BCUT2D eigenvalue weighted by Crippen LogP contribution is -2.44. The van der Waals surface area contributed by atoms with Crippen LogP contribution in [0.1, 0.15) is 56.2 Å². The van der Waals surface area contributed by atoms with E-state index in [0.717, 1.165) is 18.0 Å². The van der Waals surface area contributed by atoms with E-state index in [9.17, 15) is 4.79 Å². The van der Waals surface area contributed by atoms with Gasteiger partial charge in [-0.2, -0.15) is 5.26 Å². The number of amides is 1. The molecule has 1 aromatic rings. The summed E-state index contributed by atoms with van der Waals surface area (Å²) in [6.45, 7) is 2.32. The minimum atomic E-state index is 0.00630. The second kappa shape index (κ2) is 6.66. The average Bonchev–Trinajstić information content (AvgIpc) is 2.91. The second-order valence-electron chi connectivity index (χ2n) is 6.55. The number of nitriles is 1. The van der Waals surface area contributed by atoms with E-state index in [2.05, 4.69) is 22.5 Å². The lowest BCUT2D eigenvalue weighted by Gasteiger charge is -2.32. The van der Waals surface area contributed by atoms with Gasteiger partial charge in [-0.15, -0.1) is 11.3 Å². The van der Waals surface area contributed by atoms with Gasteiger partial charge in [-0.3, -0.25) is 4.79 Å². The molecule has 1 amide bonds. The number of thiazole rings is 1. The zero-order chi connectivity index (χ0) is 15.5. The largest absolute Gasteiger partial charge is 0.321 e. The van der Waals surface area contributed by atoms with E-state index in [1.165, 1.54) is 30.6 Å². The Morgan fingerprint density at radius 2 is 2.18 bits per heavy atom. The van der Waals surface area contributed by atoms with Crippen molar-refractivity contribution in [3.8, 4) is 6.19 Å². The molecule has 0 bridgehead atoms. The number of carbonyl (C=O) groups is 1. The Kier molecular flexibility index (Phi) is 4.63. The van der Waals surface area contributed by atoms with Gasteiger partial charge in [-0.1, -0.05) is 26.2 Å². The number of hydrogen-bond acceptors (Lipinski definition) is 5. The summed E-state index contributed by atoms with van der Waals surface area (Å²) in [5.74, 6) is 1.35. The molecule has 1 aromatic heterocycles. The van der Waals surface area contributed by atoms with Crippen molar-refractivity contribution in [2.75, 3.05) is 5.32 Å². The fourth-order valence-electron chi connectivity index (χ4n) is 3.50. The fraction of sp³-hybridized carbons (Fsp3) is 0.688. The Bertz CT molecular complexity index is 573. The Balaban J connectivity index is 1.54. The number of rotatable bonds is 4. The molecule has 22 heavy (non-hydrogen) atoms. The van der Waals surface area contributed by atoms with Gasteiger partial charge in [0.2, 0.25) is 5.91 Å². The smallest absolute Gasteiger partial charge is 0.229 e. The Labute approximate surface area is 135 Å². The molecule has 3 rings (SSSR count). The highest BCUT2D eigenvalue weighted by Crippen LogP contribution is 2.40. The van der Waals surface area contributed by atoms with Crippen LogP contribution >= 0.6 is 11.3 Å². The number of aromatic nitrogens is 1. The number of nitrogens with one attached hydrogen (secondary N) is 2. The Morgan fingerprint density at radius 3 is 2.91 bits per heavy atom. The SMILES string of the molecule is CC1CCCC[C@H]1c1cnc(NC(=O)C2CC(NC#N)C2)s1. The van der Waals surface area contributed by atoms with Crippen LogP contribution in [0.25, 0.3) is 0 Å². The first-order valence-corrected chi connectivity index (χ1v) is 8.90. The molecular formula is C16H22N4OS. The zero-order valence-corrected chi connectivity index (χ0v) is 13.7. The molecule has 2 saturated carbocycles. The highest BCUT2D eigenvalue weighted by molar-refractivity contribution is 7.15. The molecule has 2 atom stereocenters. The van der Waals surface area contributed by atoms with Gasteiger partial charge in [-0.25, -0.2) is 4.98 Å². The van der Waals surface area contributed by atoms with Crippen LogP contribution in [0.3, 0.4) is 0 Å². The number of anilines is 1. The summed E-state index contributed by atoms with van der Waals surface area (Å²) in [5.41, 5.74) is 0. The molecule has 5 nitrogen and oxygen atoms in total. The van der Waals surface area contributed by atoms with Crippen LogP contribution in [0.5, 0.6) is 0 Å². The number of carbonyl (C=O) groups excluding carboxylic acids is 1. The van der Waals surface area contributed by atoms with Crippen molar-refractivity contribution in [2.24, 2.45) is 11.8 Å². The predicted octanol–water partition coefficient (Wildman–Crippen LogP) is 3.22. The quantitative estimate of drug-likeness (QED) is 0.660. The summed E-state index contributed by atoms with van der Waals surface area (Å²) in [6, 6.07) is 0.163. The lowest BCUT2D eigenvalue weighted by molar-refractivity contribution is -0.122. The lowest BCUT2D eigenvalue weighted by atomic mass is 9.80. The van der Waals surface area contributed by atoms with Crippen LogP contribution in [-0.4, -0.2) is 16.9 Å². The zero-order valence-electron chi connectivity index (χ0n) is 12.8. The molecule has 2 N–H and O–H groups in total. The number of nitrogens with zero attached hydrogens (tertiary/aromatic N) is 2. The van der Waals surface area contributed by atoms with Crippen LogP contribution < -0.4 is 10.6 Å². The summed E-state index contributed by atoms with van der Waals surface area (Å²) in [4.78, 5) is 17.8. The van der Waals surface area contributed by atoms with E-state index in [1.807, 2.05) is 12.4 Å². The monoisotopic (exact) mass is 318 g/mol. The molecule has 1 heterocycles. The van der Waals surface area contributed by atoms with Crippen LogP contribution in [-0.2, 0) is 4.79 Å². The highest BCUT2D eigenvalue weighted by Gasteiger charge is 2.35. The minimum absolute atomic E-state index is 0.00630. The third kappa shape index (κ3) is 3.25. The topological polar surface area (TPSA) is 77.8 Å². The maximum absolute atomic E-state index is 12.1. The van der Waals surface area contributed by atoms with E-state index in [1.54, 1.807) is 11.3 Å². The van der Waals surface area contributed by atoms with Gasteiger partial charge >= 0.3 is 0 Å². The number of hydrogen-bond donors (Lipinski definition) is 2. The molecule has 0 aromatic carbocycles. The molecule has 2 aliphatic rings. The van der Waals surface area contributed by atoms with Crippen molar-refractivity contribution >= 4 is 22.4 Å². The first-order valence-electron chi connectivity index (χ1n) is 8.08. The third-order valence-electron chi connectivity index (χ3n) is 5.01. The van der Waals surface area contributed by atoms with Crippen molar-refractivity contribution in [1.29, 1.82) is 5.26 Å². The van der Waals surface area contributed by atoms with Gasteiger partial charge in [-0.05, 0) is 31.1 Å². The van der Waals surface area contributed by atoms with Crippen molar-refractivity contribution in [1.82, 2.24) is 10.3 Å². The van der Waals surface area contributed by atoms with Gasteiger partial charge in [0.25, 0.3) is 0 Å². The van der Waals surface area contributed by atoms with Crippen molar-refractivity contribution in [2.45, 2.75) is 57.4 Å². The third-order valence-corrected chi connectivity index (χ3v) is 6.05. The van der Waals surface area contributed by atoms with E-state index < -0.39 is 0 Å². The summed E-state index contributed by atoms with van der Waals surface area (Å²) < 4.78 is 0. The van der Waals surface area contributed by atoms with Crippen LogP contribution in [0.4, 0.5) is 5.13 Å². The van der Waals surface area contributed by atoms with E-state index in [-0.39, 0.29) is 17.9 Å². The molecule has 2 fully saturated rings. The van der Waals surface area contributed by atoms with E-state index in [4.69, 9.17) is 5.26 Å². The van der Waals surface area contributed by atoms with Crippen molar-refractivity contribution in [3.63, 3.8) is 0 Å². The van der Waals surface area contributed by atoms with Gasteiger partial charge in [0, 0.05) is 23.0 Å². The molecular weight excluding hydrogens is 296 g/mol. The highest BCUT2D eigenvalue weighted by atomic mass is 32.1. The predicted molar refractivity (Wildman–Crippen MR) is 86.4 cm³/mol. The second-order valence-corrected chi connectivity index (χ2v) is 7.61. The standard InChI is InChI=1S/C16H22N4OS/c1-10-4-2-3-5-13(10)14-8-18-16(22-14)20-15(21)11-6-12(7-11)19-9-17/h8,10-13,19H,2-7H2,1H3,(H,18,20,21)/t10?,11?,12?,13-/m1/s1. The van der Waals surface area contributed by atoms with E-state index in [0.29, 0.717) is 11.8 Å². The normalized spacial score (nSPS) is 30.9. The van der Waals surface area contributed by atoms with E-state index >= 15 is 0 Å². The summed E-state index contributed by atoms with van der Waals surface area (Å²) in [7, 11) is 0. The molecule has 0 radical (unpaired) electrons. The Morgan fingerprint density at radius 1 is 1.41 bits per heavy atom. The minimum Gasteiger partial charge on any atom is -0.321 e. The van der Waals surface area contributed by atoms with Gasteiger partial charge in [0.05, 0.1) is 0 Å². The molecule has 6 heteroatoms. The van der Waals surface area contributed by atoms with Gasteiger partial charge < -0.3 is 10.6 Å². The summed E-state index contributed by atoms with van der Waals surface area (Å²) in [6.07, 6.45) is 10.5. The molecule has 2 aliphatic carbocycles. The molecule has 0 spiro atoms. The van der Waals surface area contributed by atoms with Crippen molar-refractivity contribution in [3.05, 3.63) is 11.1 Å². The molecule has 118 valence electrons. The average molecular weight is 318 g/mol. The summed E-state index contributed by atoms with van der Waals surface area (Å²) in [5, 5.41) is 14.9. The van der Waals surface area contributed by atoms with Gasteiger partial charge in [0.15, 0.2) is 11.3 Å². The fourth-order valence-corrected chi connectivity index (χ4v) is 4.59. The molecule has 0 saturated heterocycles. The van der Waals surface area contributed by atoms with Crippen LogP contribution in [0, 0.1) is 23.3 Å². The maximum Gasteiger partial charge on any atom is 0.229 e. The van der Waals surface area contributed by atoms with Crippen LogP contribution in [0.15, 0.2) is 6.20 Å². The van der Waals surface area contributed by atoms with Crippen LogP contribution in [0.2, 0.25) is 0 Å². The van der Waals surface area contributed by atoms with Crippen molar-refractivity contribution < 1.29 is 4.79 Å². The first-order chi connectivity index (χ1) is 10.7. The molecule has 1 unspecified atom stereocenters. The summed E-state index contributed by atoms with van der Waals surface area (Å²) >= 11 is 1.62. The first kappa shape index (κ1) is 15.3. The van der Waals surface area contributed by atoms with Gasteiger partial charge in [0.1, 0.15) is 0 Å².